The van der Waals surface area contributed by atoms with Crippen LogP contribution in [0.1, 0.15) is 61.8 Å². The van der Waals surface area contributed by atoms with Crippen molar-refractivity contribution >= 4 is 30.0 Å². The SMILES string of the molecule is CC(=O)OCC1OC(C(C)(C)OCCC(C)(C)OC(=O)NCC(O)CO)C(OC(C)=O)C(OC(C)=O)[C@@H]1OC(C)=O. The average molecular weight is 594 g/mol. The van der Waals surface area contributed by atoms with E-state index in [0.29, 0.717) is 0 Å². The number of nitrogens with one attached hydrogen (secondary N) is 1. The summed E-state index contributed by atoms with van der Waals surface area (Å²) in [6.07, 6.45) is -7.89. The third-order valence-electron chi connectivity index (χ3n) is 5.92. The second-order valence-corrected chi connectivity index (χ2v) is 10.7. The van der Waals surface area contributed by atoms with Crippen LogP contribution < -0.4 is 5.32 Å². The predicted octanol–water partition coefficient (Wildman–Crippen LogP) is 0.155. The van der Waals surface area contributed by atoms with Crippen molar-refractivity contribution in [1.29, 1.82) is 0 Å². The van der Waals surface area contributed by atoms with Crippen molar-refractivity contribution in [1.82, 2.24) is 5.32 Å². The summed E-state index contributed by atoms with van der Waals surface area (Å²) in [6, 6.07) is 0. The van der Waals surface area contributed by atoms with E-state index in [2.05, 4.69) is 5.32 Å². The molecule has 236 valence electrons. The van der Waals surface area contributed by atoms with Gasteiger partial charge in [0.25, 0.3) is 0 Å². The van der Waals surface area contributed by atoms with E-state index in [1.54, 1.807) is 27.7 Å². The zero-order valence-electron chi connectivity index (χ0n) is 24.8. The molecule has 15 heteroatoms. The zero-order chi connectivity index (χ0) is 31.5. The number of amides is 1. The fraction of sp³-hybridized carbons (Fsp3) is 0.808. The average Bonchev–Trinajstić information content (AvgIpc) is 2.82. The van der Waals surface area contributed by atoms with Gasteiger partial charge in [-0.25, -0.2) is 4.79 Å². The van der Waals surface area contributed by atoms with Crippen LogP contribution in [0.2, 0.25) is 0 Å². The molecule has 0 aromatic heterocycles. The lowest BCUT2D eigenvalue weighted by molar-refractivity contribution is -0.283. The molecule has 0 saturated carbocycles. The second-order valence-electron chi connectivity index (χ2n) is 10.7. The zero-order valence-corrected chi connectivity index (χ0v) is 24.8. The van der Waals surface area contributed by atoms with Gasteiger partial charge in [0.05, 0.1) is 24.9 Å². The maximum atomic E-state index is 12.1. The number of carbonyl (C=O) groups excluding carboxylic acids is 5. The molecule has 1 aliphatic heterocycles. The van der Waals surface area contributed by atoms with E-state index in [9.17, 15) is 29.1 Å². The van der Waals surface area contributed by atoms with Crippen molar-refractivity contribution < 1.29 is 67.3 Å². The molecule has 3 N–H and O–H groups in total. The largest absolute Gasteiger partial charge is 0.463 e. The van der Waals surface area contributed by atoms with E-state index in [4.69, 9.17) is 38.3 Å². The van der Waals surface area contributed by atoms with Gasteiger partial charge in [-0.05, 0) is 27.7 Å². The van der Waals surface area contributed by atoms with Gasteiger partial charge in [-0.15, -0.1) is 0 Å². The fourth-order valence-electron chi connectivity index (χ4n) is 4.03. The van der Waals surface area contributed by atoms with Crippen LogP contribution in [0.5, 0.6) is 0 Å². The minimum absolute atomic E-state index is 0.0133. The van der Waals surface area contributed by atoms with Crippen LogP contribution in [0.3, 0.4) is 0 Å². The normalized spacial score (nSPS) is 23.5. The molecule has 0 aromatic rings. The Balaban J connectivity index is 3.18. The van der Waals surface area contributed by atoms with Gasteiger partial charge >= 0.3 is 30.0 Å². The molecule has 0 radical (unpaired) electrons. The highest BCUT2D eigenvalue weighted by Gasteiger charge is 2.56. The molecule has 0 bridgehead atoms. The molecule has 5 unspecified atom stereocenters. The Hall–Kier alpha value is -3.01. The van der Waals surface area contributed by atoms with Crippen molar-refractivity contribution in [2.24, 2.45) is 0 Å². The number of hydrogen-bond acceptors (Lipinski definition) is 14. The van der Waals surface area contributed by atoms with Crippen LogP contribution >= 0.6 is 0 Å². The van der Waals surface area contributed by atoms with Crippen molar-refractivity contribution in [2.45, 2.75) is 110 Å². The van der Waals surface area contributed by atoms with Gasteiger partial charge in [0, 0.05) is 40.7 Å². The summed E-state index contributed by atoms with van der Waals surface area (Å²) >= 11 is 0. The van der Waals surface area contributed by atoms with Gasteiger partial charge in [0.15, 0.2) is 18.3 Å². The molecular weight excluding hydrogens is 550 g/mol. The highest BCUT2D eigenvalue weighted by atomic mass is 16.7. The summed E-state index contributed by atoms with van der Waals surface area (Å²) in [4.78, 5) is 59.6. The minimum atomic E-state index is -1.33. The predicted molar refractivity (Wildman–Crippen MR) is 138 cm³/mol. The van der Waals surface area contributed by atoms with Crippen molar-refractivity contribution in [3.63, 3.8) is 0 Å². The maximum Gasteiger partial charge on any atom is 0.407 e. The summed E-state index contributed by atoms with van der Waals surface area (Å²) in [5, 5.41) is 20.6. The second kappa shape index (κ2) is 15.8. The third kappa shape index (κ3) is 12.6. The van der Waals surface area contributed by atoms with Crippen molar-refractivity contribution in [2.75, 3.05) is 26.4 Å². The molecular formula is C26H43NO14. The number of carbonyl (C=O) groups is 5. The Morgan fingerprint density at radius 2 is 1.39 bits per heavy atom. The molecule has 0 aliphatic carbocycles. The number of alkyl carbamates (subject to hydrolysis) is 1. The van der Waals surface area contributed by atoms with Crippen LogP contribution in [-0.2, 0) is 52.3 Å². The molecule has 6 atom stereocenters. The Bertz CT molecular complexity index is 920. The van der Waals surface area contributed by atoms with Crippen LogP contribution in [0.25, 0.3) is 0 Å². The summed E-state index contributed by atoms with van der Waals surface area (Å²) in [7, 11) is 0. The maximum absolute atomic E-state index is 12.1. The summed E-state index contributed by atoms with van der Waals surface area (Å²) in [5.74, 6) is -2.86. The first-order chi connectivity index (χ1) is 18.9. The summed E-state index contributed by atoms with van der Waals surface area (Å²) in [6.45, 7) is 10.0. The molecule has 1 heterocycles. The molecule has 1 rings (SSSR count). The Kier molecular flexibility index (Phi) is 13.9. The van der Waals surface area contributed by atoms with E-state index in [1.807, 2.05) is 0 Å². The number of esters is 4. The van der Waals surface area contributed by atoms with Crippen LogP contribution in [0.4, 0.5) is 4.79 Å². The van der Waals surface area contributed by atoms with E-state index in [0.717, 1.165) is 20.8 Å². The standard InChI is InChI=1S/C26H43NO14/c1-14(29)35-13-19-20(37-15(2)30)21(38-16(3)31)22(39-17(4)32)23(40-19)26(7,8)36-10-9-25(5,6)41-24(34)27-11-18(33)12-28/h18-23,28,33H,9-13H2,1-8H3,(H,27,34)/t18?,19?,20-,21?,22?,23?/m1/s1. The Morgan fingerprint density at radius 1 is 0.854 bits per heavy atom. The van der Waals surface area contributed by atoms with Gasteiger partial charge in [-0.3, -0.25) is 19.2 Å². The first-order valence-corrected chi connectivity index (χ1v) is 13.1. The molecule has 41 heavy (non-hydrogen) atoms. The molecule has 1 amide bonds. The van der Waals surface area contributed by atoms with Gasteiger partial charge in [0.1, 0.15) is 24.4 Å². The van der Waals surface area contributed by atoms with E-state index < -0.39 is 84.4 Å². The smallest absolute Gasteiger partial charge is 0.407 e. The van der Waals surface area contributed by atoms with E-state index in [-0.39, 0.29) is 26.2 Å². The molecule has 0 aromatic carbocycles. The minimum Gasteiger partial charge on any atom is -0.463 e. The highest BCUT2D eigenvalue weighted by Crippen LogP contribution is 2.36. The lowest BCUT2D eigenvalue weighted by atomic mass is 9.86. The monoisotopic (exact) mass is 593 g/mol. The molecule has 1 fully saturated rings. The van der Waals surface area contributed by atoms with Crippen LogP contribution in [0.15, 0.2) is 0 Å². The number of hydrogen-bond donors (Lipinski definition) is 3. The molecule has 0 spiro atoms. The Morgan fingerprint density at radius 3 is 1.90 bits per heavy atom. The van der Waals surface area contributed by atoms with Crippen LogP contribution in [-0.4, -0.2) is 114 Å². The quantitative estimate of drug-likeness (QED) is 0.181. The van der Waals surface area contributed by atoms with Gasteiger partial charge < -0.3 is 48.7 Å². The van der Waals surface area contributed by atoms with Gasteiger partial charge in [-0.2, -0.15) is 0 Å². The van der Waals surface area contributed by atoms with E-state index in [1.165, 1.54) is 6.92 Å². The van der Waals surface area contributed by atoms with Crippen molar-refractivity contribution in [3.8, 4) is 0 Å². The number of aliphatic hydroxyl groups excluding tert-OH is 2. The molecule has 1 aliphatic rings. The number of rotatable bonds is 14. The van der Waals surface area contributed by atoms with E-state index >= 15 is 0 Å². The number of aliphatic hydroxyl groups is 2. The summed E-state index contributed by atoms with van der Waals surface area (Å²) in [5.41, 5.74) is -2.27. The summed E-state index contributed by atoms with van der Waals surface area (Å²) < 4.78 is 39.1. The third-order valence-corrected chi connectivity index (χ3v) is 5.92. The number of ether oxygens (including phenoxy) is 7. The highest BCUT2D eigenvalue weighted by molar-refractivity contribution is 5.69. The van der Waals surface area contributed by atoms with Gasteiger partial charge in [0.2, 0.25) is 0 Å². The first kappa shape index (κ1) is 36.0. The Labute approximate surface area is 239 Å². The molecule has 1 saturated heterocycles. The first-order valence-electron chi connectivity index (χ1n) is 13.1. The topological polar surface area (TPSA) is 202 Å². The lowest BCUT2D eigenvalue weighted by Crippen LogP contribution is -2.67. The van der Waals surface area contributed by atoms with Crippen LogP contribution in [0, 0.1) is 0 Å². The molecule has 15 nitrogen and oxygen atoms in total. The van der Waals surface area contributed by atoms with Gasteiger partial charge in [-0.1, -0.05) is 0 Å². The lowest BCUT2D eigenvalue weighted by Gasteiger charge is -2.49. The van der Waals surface area contributed by atoms with Crippen molar-refractivity contribution in [3.05, 3.63) is 0 Å². The fourth-order valence-corrected chi connectivity index (χ4v) is 4.03.